The molecule has 1 aromatic carbocycles. The zero-order valence-corrected chi connectivity index (χ0v) is 12.6. The van der Waals surface area contributed by atoms with Crippen LogP contribution in [0.1, 0.15) is 19.8 Å². The van der Waals surface area contributed by atoms with E-state index in [0.29, 0.717) is 12.1 Å². The van der Waals surface area contributed by atoms with Crippen molar-refractivity contribution in [3.05, 3.63) is 27.7 Å². The van der Waals surface area contributed by atoms with E-state index >= 15 is 0 Å². The van der Waals surface area contributed by atoms with Crippen molar-refractivity contribution in [3.63, 3.8) is 0 Å². The largest absolute Gasteiger partial charge is 0.381 e. The number of anilines is 1. The van der Waals surface area contributed by atoms with Gasteiger partial charge in [0.25, 0.3) is 0 Å². The molecule has 2 nitrogen and oxygen atoms in total. The highest BCUT2D eigenvalue weighted by Gasteiger charge is 2.22. The monoisotopic (exact) mass is 316 g/mol. The fraction of sp³-hybridized carbons (Fsp3) is 0.538. The van der Waals surface area contributed by atoms with Gasteiger partial charge in [-0.25, -0.2) is 0 Å². The molecule has 2 rings (SSSR count). The molecule has 94 valence electrons. The molecule has 0 bridgehead atoms. The van der Waals surface area contributed by atoms with Crippen molar-refractivity contribution in [1.29, 1.82) is 0 Å². The fourth-order valence-electron chi connectivity index (χ4n) is 2.25. The predicted octanol–water partition coefficient (Wildman–Crippen LogP) is 4.00. The Balaban J connectivity index is 2.01. The van der Waals surface area contributed by atoms with Gasteiger partial charge < -0.3 is 10.2 Å². The molecule has 4 heteroatoms. The van der Waals surface area contributed by atoms with E-state index in [2.05, 4.69) is 40.1 Å². The van der Waals surface area contributed by atoms with Gasteiger partial charge in [0.1, 0.15) is 0 Å². The van der Waals surface area contributed by atoms with Gasteiger partial charge in [-0.3, -0.25) is 0 Å². The number of hydrogen-bond donors (Lipinski definition) is 1. The molecule has 1 aliphatic rings. The van der Waals surface area contributed by atoms with Gasteiger partial charge in [-0.05, 0) is 45.0 Å². The van der Waals surface area contributed by atoms with Crippen molar-refractivity contribution >= 4 is 33.2 Å². The maximum Gasteiger partial charge on any atom is 0.0648 e. The smallest absolute Gasteiger partial charge is 0.0648 e. The van der Waals surface area contributed by atoms with Gasteiger partial charge in [0.05, 0.1) is 10.7 Å². The minimum Gasteiger partial charge on any atom is -0.381 e. The average molecular weight is 318 g/mol. The first-order valence-electron chi connectivity index (χ1n) is 5.98. The summed E-state index contributed by atoms with van der Waals surface area (Å²) in [4.78, 5) is 2.40. The van der Waals surface area contributed by atoms with Crippen molar-refractivity contribution in [2.75, 3.05) is 18.9 Å². The second-order valence-electron chi connectivity index (χ2n) is 4.82. The molecule has 1 aromatic rings. The Kier molecular flexibility index (Phi) is 4.34. The number of nitrogens with zero attached hydrogens (tertiary/aromatic N) is 1. The third kappa shape index (κ3) is 3.36. The van der Waals surface area contributed by atoms with Gasteiger partial charge in [0.2, 0.25) is 0 Å². The number of nitrogens with one attached hydrogen (secondary N) is 1. The first-order chi connectivity index (χ1) is 8.06. The van der Waals surface area contributed by atoms with E-state index in [1.165, 1.54) is 12.8 Å². The molecule has 0 amide bonds. The molecular weight excluding hydrogens is 300 g/mol. The number of hydrogen-bond acceptors (Lipinski definition) is 2. The summed E-state index contributed by atoms with van der Waals surface area (Å²) in [6, 6.07) is 7.15. The fourth-order valence-corrected chi connectivity index (χ4v) is 2.97. The predicted molar refractivity (Wildman–Crippen MR) is 77.9 cm³/mol. The summed E-state index contributed by atoms with van der Waals surface area (Å²) in [5.41, 5.74) is 1.04. The van der Waals surface area contributed by atoms with Crippen LogP contribution in [0.25, 0.3) is 0 Å². The Labute approximate surface area is 116 Å². The van der Waals surface area contributed by atoms with E-state index in [-0.39, 0.29) is 0 Å². The van der Waals surface area contributed by atoms with Crippen LogP contribution < -0.4 is 5.32 Å². The van der Waals surface area contributed by atoms with Gasteiger partial charge in [0.15, 0.2) is 0 Å². The summed E-state index contributed by atoms with van der Waals surface area (Å²) in [6.45, 7) is 3.42. The maximum absolute atomic E-state index is 6.21. The number of halogens is 2. The summed E-state index contributed by atoms with van der Waals surface area (Å²) in [6.07, 6.45) is 2.34. The number of likely N-dealkylation sites (tertiary alicyclic amines) is 1. The highest BCUT2D eigenvalue weighted by Crippen LogP contribution is 2.28. The number of piperidine rings is 1. The third-order valence-corrected chi connectivity index (χ3v) is 4.31. The highest BCUT2D eigenvalue weighted by atomic mass is 79.9. The second-order valence-corrected chi connectivity index (χ2v) is 6.14. The lowest BCUT2D eigenvalue weighted by Gasteiger charge is -2.35. The number of benzene rings is 1. The third-order valence-electron chi connectivity index (χ3n) is 3.50. The lowest BCUT2D eigenvalue weighted by Crippen LogP contribution is -2.42. The topological polar surface area (TPSA) is 15.3 Å². The van der Waals surface area contributed by atoms with Crippen molar-refractivity contribution in [2.45, 2.75) is 31.8 Å². The van der Waals surface area contributed by atoms with Gasteiger partial charge in [-0.15, -0.1) is 0 Å². The van der Waals surface area contributed by atoms with Crippen LogP contribution in [0.2, 0.25) is 5.02 Å². The molecular formula is C13H18BrClN2. The average Bonchev–Trinajstić information content (AvgIpc) is 2.27. The Morgan fingerprint density at radius 1 is 1.47 bits per heavy atom. The molecule has 17 heavy (non-hydrogen) atoms. The zero-order valence-electron chi connectivity index (χ0n) is 10.2. The molecule has 0 spiro atoms. The highest BCUT2D eigenvalue weighted by molar-refractivity contribution is 9.10. The minimum absolute atomic E-state index is 0.528. The standard InChI is InChI=1S/C13H18BrClN2/c1-9-7-11(5-6-17(9)2)16-13-4-3-10(14)8-12(13)15/h3-4,8-9,11,16H,5-7H2,1-2H3. The van der Waals surface area contributed by atoms with Crippen LogP contribution in [0.4, 0.5) is 5.69 Å². The van der Waals surface area contributed by atoms with E-state index in [0.717, 1.165) is 21.7 Å². The Morgan fingerprint density at radius 2 is 2.24 bits per heavy atom. The Morgan fingerprint density at radius 3 is 2.88 bits per heavy atom. The molecule has 1 aliphatic heterocycles. The van der Waals surface area contributed by atoms with E-state index < -0.39 is 0 Å². The van der Waals surface area contributed by atoms with Crippen LogP contribution in [-0.4, -0.2) is 30.6 Å². The molecule has 1 saturated heterocycles. The van der Waals surface area contributed by atoms with Crippen LogP contribution >= 0.6 is 27.5 Å². The molecule has 0 aromatic heterocycles. The molecule has 0 saturated carbocycles. The molecule has 2 atom stereocenters. The molecule has 1 heterocycles. The van der Waals surface area contributed by atoms with Crippen molar-refractivity contribution in [2.24, 2.45) is 0 Å². The zero-order chi connectivity index (χ0) is 12.4. The summed E-state index contributed by atoms with van der Waals surface area (Å²) >= 11 is 9.63. The van der Waals surface area contributed by atoms with Crippen LogP contribution in [0.15, 0.2) is 22.7 Å². The van der Waals surface area contributed by atoms with Crippen molar-refractivity contribution < 1.29 is 0 Å². The van der Waals surface area contributed by atoms with Gasteiger partial charge in [-0.1, -0.05) is 27.5 Å². The van der Waals surface area contributed by atoms with Crippen molar-refractivity contribution in [1.82, 2.24) is 4.90 Å². The van der Waals surface area contributed by atoms with Crippen LogP contribution in [0.5, 0.6) is 0 Å². The Bertz CT molecular complexity index is 397. The first kappa shape index (κ1) is 13.2. The summed E-state index contributed by atoms with van der Waals surface area (Å²) < 4.78 is 1.02. The first-order valence-corrected chi connectivity index (χ1v) is 7.15. The molecule has 0 radical (unpaired) electrons. The number of rotatable bonds is 2. The van der Waals surface area contributed by atoms with E-state index in [9.17, 15) is 0 Å². The second kappa shape index (κ2) is 5.59. The van der Waals surface area contributed by atoms with Gasteiger partial charge >= 0.3 is 0 Å². The Hall–Kier alpha value is -0.250. The van der Waals surface area contributed by atoms with E-state index in [1.54, 1.807) is 0 Å². The van der Waals surface area contributed by atoms with Crippen molar-refractivity contribution in [3.8, 4) is 0 Å². The summed E-state index contributed by atoms with van der Waals surface area (Å²) in [7, 11) is 2.19. The normalized spacial score (nSPS) is 25.9. The molecule has 1 fully saturated rings. The SMILES string of the molecule is CC1CC(Nc2ccc(Br)cc2Cl)CCN1C. The lowest BCUT2D eigenvalue weighted by molar-refractivity contribution is 0.190. The van der Waals surface area contributed by atoms with Gasteiger partial charge in [0, 0.05) is 23.1 Å². The quantitative estimate of drug-likeness (QED) is 0.887. The summed E-state index contributed by atoms with van der Waals surface area (Å²) in [5, 5.41) is 4.33. The minimum atomic E-state index is 0.528. The molecule has 1 N–H and O–H groups in total. The van der Waals surface area contributed by atoms with Crippen LogP contribution in [0, 0.1) is 0 Å². The molecule has 2 unspecified atom stereocenters. The summed E-state index contributed by atoms with van der Waals surface area (Å²) in [5.74, 6) is 0. The van der Waals surface area contributed by atoms with Gasteiger partial charge in [-0.2, -0.15) is 0 Å². The van der Waals surface area contributed by atoms with E-state index in [4.69, 9.17) is 11.6 Å². The lowest BCUT2D eigenvalue weighted by atomic mass is 9.99. The maximum atomic E-state index is 6.21. The van der Waals surface area contributed by atoms with E-state index in [1.807, 2.05) is 18.2 Å². The van der Waals surface area contributed by atoms with Crippen LogP contribution in [0.3, 0.4) is 0 Å². The molecule has 0 aliphatic carbocycles. The van der Waals surface area contributed by atoms with Crippen LogP contribution in [-0.2, 0) is 0 Å².